The van der Waals surface area contributed by atoms with Gasteiger partial charge in [-0.15, -0.1) is 0 Å². The number of benzene rings is 5. The summed E-state index contributed by atoms with van der Waals surface area (Å²) >= 11 is 0. The standard InChI is InChI=1S/C54H44N2O4/c1-53(2)27-39-45(41(57)29-53)43(47-49(55(39)33-18-7-5-8-19-33)35-22-11-13-24-37(35)51(47)59)31-16-15-17-32(26-31)44-46-40(28-54(3,4)30-42(46)58)56(34-20-9-6-10-21-34)50-36-23-12-14-25-38(36)52(60)48(44)50/h5-26,43-44H,27-30H2,1-4H3. The molecule has 4 aliphatic carbocycles. The first-order chi connectivity index (χ1) is 28.9. The fourth-order valence-electron chi connectivity index (χ4n) is 11.1. The number of para-hydroxylation sites is 2. The van der Waals surface area contributed by atoms with Gasteiger partial charge in [-0.25, -0.2) is 0 Å². The number of nitrogens with zero attached hydrogens (tertiary/aromatic N) is 2. The minimum Gasteiger partial charge on any atom is -0.313 e. The number of hydrogen-bond acceptors (Lipinski definition) is 6. The number of allylic oxidation sites excluding steroid dienone is 6. The third-order valence-corrected chi connectivity index (χ3v) is 13.4. The van der Waals surface area contributed by atoms with E-state index in [1.54, 1.807) is 0 Å². The summed E-state index contributed by atoms with van der Waals surface area (Å²) < 4.78 is 0. The summed E-state index contributed by atoms with van der Waals surface area (Å²) in [6, 6.07) is 43.8. The van der Waals surface area contributed by atoms with Crippen molar-refractivity contribution in [3.63, 3.8) is 0 Å². The summed E-state index contributed by atoms with van der Waals surface area (Å²) in [7, 11) is 0. The lowest BCUT2D eigenvalue weighted by atomic mass is 9.66. The largest absolute Gasteiger partial charge is 0.313 e. The maximum atomic E-state index is 14.9. The minimum atomic E-state index is -0.651. The predicted octanol–water partition coefficient (Wildman–Crippen LogP) is 11.4. The number of Topliss-reactive ketones (excluding diaryl/α,β-unsaturated/α-hetero) is 4. The highest BCUT2D eigenvalue weighted by atomic mass is 16.1. The number of hydrogen-bond donors (Lipinski definition) is 0. The Morgan fingerprint density at radius 3 is 1.18 bits per heavy atom. The molecule has 294 valence electrons. The maximum absolute atomic E-state index is 14.9. The van der Waals surface area contributed by atoms with Crippen LogP contribution in [0.3, 0.4) is 0 Å². The van der Waals surface area contributed by atoms with Crippen molar-refractivity contribution in [3.05, 3.63) is 201 Å². The van der Waals surface area contributed by atoms with Crippen molar-refractivity contribution in [3.8, 4) is 0 Å². The molecule has 0 fully saturated rings. The van der Waals surface area contributed by atoms with Gasteiger partial charge in [0.15, 0.2) is 23.1 Å². The SMILES string of the molecule is CC1(C)CC(=O)C2=C(C1)N(c1ccccc1)C1=C(C(=O)c3ccccc31)C2c1cccc(C2C3=C(CC(C)(C)CC3=O)N(c3ccccc3)C3=C2C(=O)c2ccccc23)c1. The van der Waals surface area contributed by atoms with E-state index in [4.69, 9.17) is 0 Å². The molecular weight excluding hydrogens is 741 g/mol. The van der Waals surface area contributed by atoms with Crippen LogP contribution in [-0.2, 0) is 9.59 Å². The van der Waals surface area contributed by atoms with E-state index in [0.717, 1.165) is 56.4 Å². The fourth-order valence-corrected chi connectivity index (χ4v) is 11.1. The summed E-state index contributed by atoms with van der Waals surface area (Å²) in [4.78, 5) is 63.9. The molecule has 11 rings (SSSR count). The van der Waals surface area contributed by atoms with Crippen molar-refractivity contribution in [2.24, 2.45) is 10.8 Å². The summed E-state index contributed by atoms with van der Waals surface area (Å²) in [5, 5.41) is 0. The molecule has 60 heavy (non-hydrogen) atoms. The lowest BCUT2D eigenvalue weighted by Gasteiger charge is -2.45. The number of carbonyl (C=O) groups excluding carboxylic acids is 4. The quantitative estimate of drug-likeness (QED) is 0.181. The molecule has 2 heterocycles. The third kappa shape index (κ3) is 5.26. The summed E-state index contributed by atoms with van der Waals surface area (Å²) in [6.45, 7) is 8.57. The van der Waals surface area contributed by atoms with Crippen molar-refractivity contribution in [1.29, 1.82) is 0 Å². The van der Waals surface area contributed by atoms with Gasteiger partial charge in [-0.05, 0) is 59.1 Å². The first-order valence-corrected chi connectivity index (χ1v) is 21.0. The van der Waals surface area contributed by atoms with Crippen LogP contribution in [0.2, 0.25) is 0 Å². The van der Waals surface area contributed by atoms with Crippen LogP contribution in [-0.4, -0.2) is 23.1 Å². The minimum absolute atomic E-state index is 0.0326. The second-order valence-electron chi connectivity index (χ2n) is 18.8. The summed E-state index contributed by atoms with van der Waals surface area (Å²) in [5.41, 5.74) is 11.7. The van der Waals surface area contributed by atoms with Gasteiger partial charge in [-0.3, -0.25) is 19.2 Å². The van der Waals surface area contributed by atoms with Gasteiger partial charge in [0.25, 0.3) is 0 Å². The van der Waals surface area contributed by atoms with Gasteiger partial charge in [0.1, 0.15) is 0 Å². The van der Waals surface area contributed by atoms with Crippen LogP contribution in [0.4, 0.5) is 11.4 Å². The first kappa shape index (κ1) is 36.4. The first-order valence-electron chi connectivity index (χ1n) is 21.0. The zero-order valence-corrected chi connectivity index (χ0v) is 34.2. The van der Waals surface area contributed by atoms with E-state index >= 15 is 0 Å². The van der Waals surface area contributed by atoms with Crippen LogP contribution >= 0.6 is 0 Å². The Bertz CT molecular complexity index is 2710. The molecule has 5 aromatic rings. The molecule has 6 nitrogen and oxygen atoms in total. The van der Waals surface area contributed by atoms with E-state index < -0.39 is 11.8 Å². The Kier molecular flexibility index (Phi) is 7.84. The normalized spacial score (nSPS) is 22.5. The Morgan fingerprint density at radius 2 is 0.783 bits per heavy atom. The Labute approximate surface area is 350 Å². The fraction of sp³-hybridized carbons (Fsp3) is 0.222. The Balaban J connectivity index is 1.17. The van der Waals surface area contributed by atoms with Crippen molar-refractivity contribution in [2.75, 3.05) is 9.80 Å². The highest BCUT2D eigenvalue weighted by Crippen LogP contribution is 2.59. The second-order valence-corrected chi connectivity index (χ2v) is 18.8. The number of ketones is 4. The number of carbonyl (C=O) groups is 4. The molecule has 0 aromatic heterocycles. The monoisotopic (exact) mass is 784 g/mol. The molecule has 0 amide bonds. The molecule has 2 atom stereocenters. The Hall–Kier alpha value is -6.66. The number of anilines is 2. The zero-order valence-electron chi connectivity index (χ0n) is 34.2. The molecule has 0 saturated carbocycles. The molecule has 6 aliphatic rings. The van der Waals surface area contributed by atoms with E-state index in [1.165, 1.54) is 0 Å². The molecule has 0 saturated heterocycles. The zero-order chi connectivity index (χ0) is 41.2. The molecule has 2 aliphatic heterocycles. The average Bonchev–Trinajstić information content (AvgIpc) is 3.69. The third-order valence-electron chi connectivity index (χ3n) is 13.4. The Morgan fingerprint density at radius 1 is 0.417 bits per heavy atom. The predicted molar refractivity (Wildman–Crippen MR) is 235 cm³/mol. The molecule has 5 aromatic carbocycles. The van der Waals surface area contributed by atoms with Crippen LogP contribution < -0.4 is 9.80 Å². The molecule has 0 N–H and O–H groups in total. The lowest BCUT2D eigenvalue weighted by molar-refractivity contribution is -0.119. The van der Waals surface area contributed by atoms with Gasteiger partial charge in [-0.2, -0.15) is 0 Å². The molecule has 0 spiro atoms. The van der Waals surface area contributed by atoms with E-state index in [0.29, 0.717) is 59.1 Å². The smallest absolute Gasteiger partial charge is 0.192 e. The van der Waals surface area contributed by atoms with Gasteiger partial charge in [0, 0.05) is 92.0 Å². The van der Waals surface area contributed by atoms with E-state index in [9.17, 15) is 19.2 Å². The second kappa shape index (κ2) is 12.9. The van der Waals surface area contributed by atoms with Crippen LogP contribution in [0.25, 0.3) is 11.4 Å². The summed E-state index contributed by atoms with van der Waals surface area (Å²) in [6.07, 6.45) is 2.01. The molecule has 0 radical (unpaired) electrons. The summed E-state index contributed by atoms with van der Waals surface area (Å²) in [5.74, 6) is -1.41. The van der Waals surface area contributed by atoms with Crippen molar-refractivity contribution in [2.45, 2.75) is 65.2 Å². The van der Waals surface area contributed by atoms with Gasteiger partial charge in [0.05, 0.1) is 11.4 Å². The van der Waals surface area contributed by atoms with Crippen molar-refractivity contribution < 1.29 is 19.2 Å². The van der Waals surface area contributed by atoms with Crippen molar-refractivity contribution >= 4 is 45.9 Å². The van der Waals surface area contributed by atoms with E-state index in [-0.39, 0.29) is 34.0 Å². The number of fused-ring (bicyclic) bond motifs is 4. The topological polar surface area (TPSA) is 74.8 Å². The highest BCUT2D eigenvalue weighted by Gasteiger charge is 2.52. The van der Waals surface area contributed by atoms with Crippen LogP contribution in [0.15, 0.2) is 167 Å². The highest BCUT2D eigenvalue weighted by molar-refractivity contribution is 6.27. The van der Waals surface area contributed by atoms with Crippen LogP contribution in [0.5, 0.6) is 0 Å². The van der Waals surface area contributed by atoms with E-state index in [1.807, 2.05) is 127 Å². The van der Waals surface area contributed by atoms with Crippen LogP contribution in [0.1, 0.15) is 108 Å². The average molecular weight is 785 g/mol. The molecular formula is C54H44N2O4. The molecule has 2 unspecified atom stereocenters. The van der Waals surface area contributed by atoms with Crippen LogP contribution in [0, 0.1) is 10.8 Å². The van der Waals surface area contributed by atoms with E-state index in [2.05, 4.69) is 43.6 Å². The lowest BCUT2D eigenvalue weighted by Crippen LogP contribution is -2.40. The van der Waals surface area contributed by atoms with Gasteiger partial charge >= 0.3 is 0 Å². The van der Waals surface area contributed by atoms with Gasteiger partial charge in [-0.1, -0.05) is 137 Å². The molecule has 0 bridgehead atoms. The maximum Gasteiger partial charge on any atom is 0.192 e. The van der Waals surface area contributed by atoms with Crippen molar-refractivity contribution in [1.82, 2.24) is 0 Å². The van der Waals surface area contributed by atoms with Gasteiger partial charge in [0.2, 0.25) is 0 Å². The number of rotatable bonds is 4. The molecule has 6 heteroatoms. The van der Waals surface area contributed by atoms with Gasteiger partial charge < -0.3 is 9.80 Å².